The van der Waals surface area contributed by atoms with Crippen molar-refractivity contribution in [1.82, 2.24) is 4.57 Å². The van der Waals surface area contributed by atoms with Gasteiger partial charge in [-0.05, 0) is 123 Å². The quantitative estimate of drug-likeness (QED) is 0.148. The van der Waals surface area contributed by atoms with Gasteiger partial charge in [-0.2, -0.15) is 0 Å². The van der Waals surface area contributed by atoms with Crippen molar-refractivity contribution < 1.29 is 6.85 Å². The van der Waals surface area contributed by atoms with Crippen molar-refractivity contribution in [3.05, 3.63) is 243 Å². The fraction of sp³-hybridized carbons (Fsp3) is 0. The number of thiophene rings is 1. The maximum Gasteiger partial charge on any atom is 0.0645 e. The number of benzene rings is 10. The minimum Gasteiger partial charge on any atom is -0.311 e. The Labute approximate surface area is 377 Å². The Hall–Kier alpha value is -7.98. The van der Waals surface area contributed by atoms with E-state index >= 15 is 0 Å². The van der Waals surface area contributed by atoms with Gasteiger partial charge in [0.15, 0.2) is 0 Å². The van der Waals surface area contributed by atoms with Gasteiger partial charge in [-0.15, -0.1) is 11.3 Å². The number of rotatable bonds is 8. The lowest BCUT2D eigenvalue weighted by molar-refractivity contribution is 1.18. The van der Waals surface area contributed by atoms with E-state index in [4.69, 9.17) is 6.85 Å². The lowest BCUT2D eigenvalue weighted by atomic mass is 9.98. The maximum absolute atomic E-state index is 8.81. The lowest BCUT2D eigenvalue weighted by Crippen LogP contribution is -2.09. The molecule has 0 fully saturated rings. The van der Waals surface area contributed by atoms with Crippen molar-refractivity contribution >= 4 is 70.4 Å². The van der Waals surface area contributed by atoms with Crippen molar-refractivity contribution in [2.45, 2.75) is 0 Å². The standard InChI is InChI=1S/C60H40N2S/c1-3-13-41(14-4-1)45-15-11-16-46(39-45)42-25-32-49(33-26-42)61(51-36-29-44(30-37-51)52-21-12-22-55-54-20-8-10-24-59(54)63-60(52)55)50-34-27-43(28-35-50)47-31-38-58-56(40-47)53-19-7-9-23-57(53)62(58)48-17-5-2-6-18-48/h1-40H/i2D,5D,6D,17D,18D. The first-order valence-electron chi connectivity index (χ1n) is 23.6. The summed E-state index contributed by atoms with van der Waals surface area (Å²) in [4.78, 5) is 2.30. The molecule has 0 atom stereocenters. The van der Waals surface area contributed by atoms with Crippen LogP contribution in [0, 0.1) is 0 Å². The van der Waals surface area contributed by atoms with Crippen LogP contribution in [0.2, 0.25) is 0 Å². The van der Waals surface area contributed by atoms with Crippen molar-refractivity contribution in [3.8, 4) is 50.2 Å². The summed E-state index contributed by atoms with van der Waals surface area (Å²) in [5.74, 6) is 0. The highest BCUT2D eigenvalue weighted by Crippen LogP contribution is 2.43. The summed E-state index contributed by atoms with van der Waals surface area (Å²) in [6, 6.07) is 73.1. The summed E-state index contributed by atoms with van der Waals surface area (Å²) in [7, 11) is 0. The molecule has 0 aliphatic carbocycles. The van der Waals surface area contributed by atoms with E-state index < -0.39 is 6.04 Å². The Bertz CT molecular complexity index is 3870. The van der Waals surface area contributed by atoms with Crippen LogP contribution in [0.3, 0.4) is 0 Å². The van der Waals surface area contributed by atoms with Crippen molar-refractivity contribution in [2.24, 2.45) is 0 Å². The number of nitrogens with zero attached hydrogens (tertiary/aromatic N) is 2. The first kappa shape index (κ1) is 31.8. The third-order valence-corrected chi connectivity index (χ3v) is 13.3. The normalized spacial score (nSPS) is 12.6. The molecule has 12 rings (SSSR count). The second-order valence-electron chi connectivity index (χ2n) is 15.8. The van der Waals surface area contributed by atoms with E-state index in [2.05, 4.69) is 175 Å². The smallest absolute Gasteiger partial charge is 0.0645 e. The average molecular weight is 826 g/mol. The topological polar surface area (TPSA) is 8.17 Å². The Morgan fingerprint density at radius 2 is 0.873 bits per heavy atom. The fourth-order valence-electron chi connectivity index (χ4n) is 9.08. The van der Waals surface area contributed by atoms with Gasteiger partial charge in [0.25, 0.3) is 0 Å². The molecule has 0 bridgehead atoms. The molecule has 0 radical (unpaired) electrons. The highest BCUT2D eigenvalue weighted by atomic mass is 32.1. The third-order valence-electron chi connectivity index (χ3n) is 12.1. The van der Waals surface area contributed by atoms with Crippen LogP contribution < -0.4 is 4.90 Å². The van der Waals surface area contributed by atoms with Crippen LogP contribution in [0.1, 0.15) is 6.85 Å². The van der Waals surface area contributed by atoms with Gasteiger partial charge in [0.1, 0.15) is 0 Å². The Morgan fingerprint density at radius 1 is 0.365 bits per heavy atom. The second kappa shape index (κ2) is 15.5. The van der Waals surface area contributed by atoms with Crippen LogP contribution in [0.25, 0.3) is 92.2 Å². The molecule has 12 aromatic rings. The van der Waals surface area contributed by atoms with Crippen LogP contribution >= 0.6 is 11.3 Å². The number of hydrogen-bond donors (Lipinski definition) is 0. The largest absolute Gasteiger partial charge is 0.311 e. The van der Waals surface area contributed by atoms with Crippen molar-refractivity contribution in [3.63, 3.8) is 0 Å². The summed E-state index contributed by atoms with van der Waals surface area (Å²) >= 11 is 1.84. The SMILES string of the molecule is [2H]c1c([2H])c([2H])c(-n2c3ccccc3c3cc(-c4ccc(N(c5ccc(-c6cccc(-c7ccccc7)c6)cc5)c5ccc(-c6cccc7c6sc6ccccc67)cc5)cc4)ccc32)c([2H])c1[2H]. The zero-order valence-corrected chi connectivity index (χ0v) is 34.8. The van der Waals surface area contributed by atoms with Crippen LogP contribution in [0.4, 0.5) is 17.1 Å². The first-order valence-corrected chi connectivity index (χ1v) is 21.9. The highest BCUT2D eigenvalue weighted by Gasteiger charge is 2.17. The molecule has 0 aliphatic rings. The molecule has 0 N–H and O–H groups in total. The van der Waals surface area contributed by atoms with Crippen LogP contribution in [-0.4, -0.2) is 4.57 Å². The predicted octanol–water partition coefficient (Wildman–Crippen LogP) is 17.3. The molecular weight excluding hydrogens is 781 g/mol. The van der Waals surface area contributed by atoms with Gasteiger partial charge in [0, 0.05) is 53.7 Å². The molecule has 2 aromatic heterocycles. The maximum atomic E-state index is 8.81. The Balaban J connectivity index is 0.934. The molecule has 0 saturated heterocycles. The number of hydrogen-bond acceptors (Lipinski definition) is 2. The molecule has 0 aliphatic heterocycles. The van der Waals surface area contributed by atoms with E-state index in [9.17, 15) is 0 Å². The van der Waals surface area contributed by atoms with E-state index in [1.807, 2.05) is 53.8 Å². The summed E-state index contributed by atoms with van der Waals surface area (Å²) in [6.07, 6.45) is 0. The lowest BCUT2D eigenvalue weighted by Gasteiger charge is -2.26. The minimum absolute atomic E-state index is 0.137. The molecule has 296 valence electrons. The van der Waals surface area contributed by atoms with Crippen LogP contribution in [0.5, 0.6) is 0 Å². The van der Waals surface area contributed by atoms with Crippen molar-refractivity contribution in [2.75, 3.05) is 4.90 Å². The van der Waals surface area contributed by atoms with E-state index in [0.717, 1.165) is 66.7 Å². The van der Waals surface area contributed by atoms with Gasteiger partial charge in [-0.1, -0.05) is 164 Å². The van der Waals surface area contributed by atoms with Gasteiger partial charge >= 0.3 is 0 Å². The minimum atomic E-state index is -0.409. The summed E-state index contributed by atoms with van der Waals surface area (Å²) in [6.45, 7) is 0. The number of aromatic nitrogens is 1. The summed E-state index contributed by atoms with van der Waals surface area (Å²) < 4.78 is 47.0. The van der Waals surface area contributed by atoms with Gasteiger partial charge in [-0.3, -0.25) is 0 Å². The van der Waals surface area contributed by atoms with Gasteiger partial charge in [0.2, 0.25) is 0 Å². The van der Waals surface area contributed by atoms with Crippen LogP contribution in [0.15, 0.2) is 243 Å². The van der Waals surface area contributed by atoms with E-state index in [0.29, 0.717) is 0 Å². The summed E-state index contributed by atoms with van der Waals surface area (Å²) in [5, 5.41) is 4.43. The zero-order chi connectivity index (χ0) is 46.0. The predicted molar refractivity (Wildman–Crippen MR) is 270 cm³/mol. The number of fused-ring (bicyclic) bond motifs is 6. The number of anilines is 3. The van der Waals surface area contributed by atoms with Gasteiger partial charge in [-0.25, -0.2) is 0 Å². The molecule has 0 amide bonds. The molecule has 0 spiro atoms. The van der Waals surface area contributed by atoms with Gasteiger partial charge in [0.05, 0.1) is 17.9 Å². The van der Waals surface area contributed by atoms with E-state index in [1.54, 1.807) is 4.57 Å². The average Bonchev–Trinajstić information content (AvgIpc) is 3.94. The number of para-hydroxylation sites is 2. The molecular formula is C60H40N2S. The second-order valence-corrected chi connectivity index (χ2v) is 16.8. The Kier molecular flexibility index (Phi) is 7.83. The molecule has 2 heterocycles. The first-order chi connectivity index (χ1) is 33.3. The monoisotopic (exact) mass is 825 g/mol. The molecule has 10 aromatic carbocycles. The third kappa shape index (κ3) is 6.58. The zero-order valence-electron chi connectivity index (χ0n) is 39.0. The fourth-order valence-corrected chi connectivity index (χ4v) is 10.3. The van der Waals surface area contributed by atoms with E-state index in [-0.39, 0.29) is 29.9 Å². The van der Waals surface area contributed by atoms with Crippen molar-refractivity contribution in [1.29, 1.82) is 0 Å². The highest BCUT2D eigenvalue weighted by molar-refractivity contribution is 7.26. The van der Waals surface area contributed by atoms with E-state index in [1.165, 1.54) is 36.9 Å². The molecule has 3 heteroatoms. The summed E-state index contributed by atoms with van der Waals surface area (Å²) in [5.41, 5.74) is 13.8. The molecule has 2 nitrogen and oxygen atoms in total. The Morgan fingerprint density at radius 3 is 1.57 bits per heavy atom. The molecule has 0 saturated carbocycles. The van der Waals surface area contributed by atoms with Crippen LogP contribution in [-0.2, 0) is 0 Å². The van der Waals surface area contributed by atoms with Gasteiger partial charge < -0.3 is 9.47 Å². The molecule has 63 heavy (non-hydrogen) atoms. The molecule has 0 unspecified atom stereocenters.